The van der Waals surface area contributed by atoms with Crippen LogP contribution in [0.25, 0.3) is 0 Å². The van der Waals surface area contributed by atoms with Gasteiger partial charge in [0.25, 0.3) is 0 Å². The second-order valence-corrected chi connectivity index (χ2v) is 4.14. The normalized spacial score (nSPS) is 10.8. The summed E-state index contributed by atoms with van der Waals surface area (Å²) in [5.41, 5.74) is 0. The minimum absolute atomic E-state index is 0.210. The van der Waals surface area contributed by atoms with Crippen molar-refractivity contribution in [2.24, 2.45) is 10.9 Å². The average molecular weight is 269 g/mol. The van der Waals surface area contributed by atoms with Crippen LogP contribution in [0.15, 0.2) is 22.5 Å². The number of thiophene rings is 1. The summed E-state index contributed by atoms with van der Waals surface area (Å²) in [5, 5.41) is 2.57. The van der Waals surface area contributed by atoms with Crippen molar-refractivity contribution >= 4 is 34.5 Å². The molecule has 5 nitrogen and oxygen atoms in total. The maximum Gasteiger partial charge on any atom is 0.325 e. The predicted octanol–water partition coefficient (Wildman–Crippen LogP) is 2.19. The van der Waals surface area contributed by atoms with Gasteiger partial charge in [0, 0.05) is 6.21 Å². The molecular formula is C12H15NO4S. The lowest BCUT2D eigenvalue weighted by atomic mass is 10.2. The third kappa shape index (κ3) is 4.29. The fourth-order valence-electron chi connectivity index (χ4n) is 1.17. The molecule has 1 aromatic heterocycles. The van der Waals surface area contributed by atoms with Crippen LogP contribution < -0.4 is 0 Å². The Morgan fingerprint density at radius 1 is 1.33 bits per heavy atom. The van der Waals surface area contributed by atoms with Crippen molar-refractivity contribution in [3.8, 4) is 0 Å². The van der Waals surface area contributed by atoms with Gasteiger partial charge in [-0.1, -0.05) is 0 Å². The largest absolute Gasteiger partial charge is 0.465 e. The van der Waals surface area contributed by atoms with Crippen LogP contribution in [-0.2, 0) is 19.1 Å². The molecule has 0 unspecified atom stereocenters. The zero-order valence-electron chi connectivity index (χ0n) is 10.3. The number of ether oxygens (including phenoxy) is 2. The third-order valence-electron chi connectivity index (χ3n) is 1.94. The number of hydrogen-bond acceptors (Lipinski definition) is 6. The molecule has 1 aromatic rings. The third-order valence-corrected chi connectivity index (χ3v) is 2.71. The van der Waals surface area contributed by atoms with Gasteiger partial charge in [-0.05, 0) is 31.4 Å². The number of nitrogens with zero attached hydrogens (tertiary/aromatic N) is 1. The van der Waals surface area contributed by atoms with Crippen LogP contribution in [0.5, 0.6) is 0 Å². The summed E-state index contributed by atoms with van der Waals surface area (Å²) in [6.07, 6.45) is 1.27. The van der Waals surface area contributed by atoms with Gasteiger partial charge in [-0.2, -0.15) is 0 Å². The second-order valence-electron chi connectivity index (χ2n) is 3.21. The van der Waals surface area contributed by atoms with Crippen molar-refractivity contribution in [3.63, 3.8) is 0 Å². The van der Waals surface area contributed by atoms with E-state index >= 15 is 0 Å². The summed E-state index contributed by atoms with van der Waals surface area (Å²) < 4.78 is 9.63. The standard InChI is InChI=1S/C12H15NO4S/c1-3-16-11(14)9(12(15)17-4-2)8-13-10-6-5-7-18-10/h5-9H,3-4H2,1-2H3. The highest BCUT2D eigenvalue weighted by molar-refractivity contribution is 7.13. The number of esters is 2. The molecule has 0 aromatic carbocycles. The zero-order chi connectivity index (χ0) is 13.4. The Hall–Kier alpha value is -1.69. The minimum atomic E-state index is -1.10. The monoisotopic (exact) mass is 269 g/mol. The van der Waals surface area contributed by atoms with E-state index in [1.54, 1.807) is 19.9 Å². The van der Waals surface area contributed by atoms with Crippen molar-refractivity contribution in [2.75, 3.05) is 13.2 Å². The molecule has 0 saturated heterocycles. The number of rotatable bonds is 6. The molecule has 0 aliphatic rings. The van der Waals surface area contributed by atoms with E-state index in [1.807, 2.05) is 11.4 Å². The van der Waals surface area contributed by atoms with E-state index in [9.17, 15) is 9.59 Å². The van der Waals surface area contributed by atoms with Gasteiger partial charge in [-0.3, -0.25) is 9.59 Å². The van der Waals surface area contributed by atoms with Crippen LogP contribution in [0.3, 0.4) is 0 Å². The molecule has 0 bridgehead atoms. The van der Waals surface area contributed by atoms with Crippen LogP contribution in [-0.4, -0.2) is 31.4 Å². The predicted molar refractivity (Wildman–Crippen MR) is 69.2 cm³/mol. The van der Waals surface area contributed by atoms with Gasteiger partial charge in [-0.25, -0.2) is 4.99 Å². The second kappa shape index (κ2) is 7.60. The smallest absolute Gasteiger partial charge is 0.325 e. The molecule has 1 rings (SSSR count). The number of aliphatic imine (C=N–C) groups is 1. The quantitative estimate of drug-likeness (QED) is 0.451. The van der Waals surface area contributed by atoms with E-state index in [2.05, 4.69) is 4.99 Å². The molecule has 0 amide bonds. The molecule has 1 heterocycles. The van der Waals surface area contributed by atoms with E-state index in [0.717, 1.165) is 0 Å². The average Bonchev–Trinajstić information content (AvgIpc) is 2.83. The van der Waals surface area contributed by atoms with Crippen LogP contribution in [0, 0.1) is 5.92 Å². The molecule has 0 aliphatic carbocycles. The van der Waals surface area contributed by atoms with Crippen molar-refractivity contribution < 1.29 is 19.1 Å². The highest BCUT2D eigenvalue weighted by atomic mass is 32.1. The molecule has 0 fully saturated rings. The SMILES string of the molecule is CCOC(=O)C(C=Nc1cccs1)C(=O)OCC. The first-order valence-electron chi connectivity index (χ1n) is 5.60. The van der Waals surface area contributed by atoms with E-state index < -0.39 is 17.9 Å². The summed E-state index contributed by atoms with van der Waals surface area (Å²) in [7, 11) is 0. The summed E-state index contributed by atoms with van der Waals surface area (Å²) in [6, 6.07) is 3.62. The lowest BCUT2D eigenvalue weighted by molar-refractivity contribution is -0.157. The molecule has 18 heavy (non-hydrogen) atoms. The van der Waals surface area contributed by atoms with Gasteiger partial charge in [0.1, 0.15) is 5.00 Å². The fourth-order valence-corrected chi connectivity index (χ4v) is 1.75. The topological polar surface area (TPSA) is 65.0 Å². The molecule has 0 saturated carbocycles. The fraction of sp³-hybridized carbons (Fsp3) is 0.417. The van der Waals surface area contributed by atoms with Crippen molar-refractivity contribution in [1.29, 1.82) is 0 Å². The molecular weight excluding hydrogens is 254 g/mol. The van der Waals surface area contributed by atoms with Crippen LogP contribution in [0.2, 0.25) is 0 Å². The van der Waals surface area contributed by atoms with Crippen LogP contribution in [0.1, 0.15) is 13.8 Å². The first-order chi connectivity index (χ1) is 8.69. The summed E-state index contributed by atoms with van der Waals surface area (Å²) in [6.45, 7) is 3.77. The highest BCUT2D eigenvalue weighted by Gasteiger charge is 2.27. The number of carbonyl (C=O) groups excluding carboxylic acids is 2. The van der Waals surface area contributed by atoms with Gasteiger partial charge in [0.15, 0.2) is 5.92 Å². The van der Waals surface area contributed by atoms with Crippen LogP contribution in [0.4, 0.5) is 5.00 Å². The summed E-state index contributed by atoms with van der Waals surface area (Å²) in [5.74, 6) is -2.39. The molecule has 0 spiro atoms. The van der Waals surface area contributed by atoms with Gasteiger partial charge in [0.05, 0.1) is 13.2 Å². The Morgan fingerprint density at radius 2 is 1.94 bits per heavy atom. The van der Waals surface area contributed by atoms with Crippen LogP contribution >= 0.6 is 11.3 Å². The molecule has 0 N–H and O–H groups in total. The lowest BCUT2D eigenvalue weighted by Gasteiger charge is -2.09. The van der Waals surface area contributed by atoms with Crippen molar-refractivity contribution in [1.82, 2.24) is 0 Å². The molecule has 98 valence electrons. The Bertz CT molecular complexity index is 396. The number of hydrogen-bond donors (Lipinski definition) is 0. The van der Waals surface area contributed by atoms with Gasteiger partial charge in [0.2, 0.25) is 0 Å². The van der Waals surface area contributed by atoms with Gasteiger partial charge in [-0.15, -0.1) is 11.3 Å². The van der Waals surface area contributed by atoms with Gasteiger partial charge >= 0.3 is 11.9 Å². The van der Waals surface area contributed by atoms with E-state index in [1.165, 1.54) is 17.6 Å². The first-order valence-corrected chi connectivity index (χ1v) is 6.48. The maximum absolute atomic E-state index is 11.6. The van der Waals surface area contributed by atoms with E-state index in [4.69, 9.17) is 9.47 Å². The Balaban J connectivity index is 2.77. The molecule has 0 aliphatic heterocycles. The van der Waals surface area contributed by atoms with Gasteiger partial charge < -0.3 is 9.47 Å². The Labute approximate surface area is 109 Å². The van der Waals surface area contributed by atoms with Crippen molar-refractivity contribution in [3.05, 3.63) is 17.5 Å². The van der Waals surface area contributed by atoms with E-state index in [-0.39, 0.29) is 13.2 Å². The number of carbonyl (C=O) groups is 2. The van der Waals surface area contributed by atoms with Crippen molar-refractivity contribution in [2.45, 2.75) is 13.8 Å². The first kappa shape index (κ1) is 14.4. The molecule has 0 radical (unpaired) electrons. The lowest BCUT2D eigenvalue weighted by Crippen LogP contribution is -2.29. The summed E-state index contributed by atoms with van der Waals surface area (Å²) >= 11 is 1.41. The summed E-state index contributed by atoms with van der Waals surface area (Å²) in [4.78, 5) is 27.3. The molecule has 6 heteroatoms. The molecule has 0 atom stereocenters. The highest BCUT2D eigenvalue weighted by Crippen LogP contribution is 2.19. The zero-order valence-corrected chi connectivity index (χ0v) is 11.1. The maximum atomic E-state index is 11.6. The van der Waals surface area contributed by atoms with E-state index in [0.29, 0.717) is 5.00 Å². The minimum Gasteiger partial charge on any atom is -0.465 e. The Morgan fingerprint density at radius 3 is 2.39 bits per heavy atom. The Kier molecular flexibility index (Phi) is 6.07.